The molecule has 2 aromatic carbocycles. The molecule has 1 amide bonds. The second kappa shape index (κ2) is 5.67. The Morgan fingerprint density at radius 3 is 2.33 bits per heavy atom. The van der Waals surface area contributed by atoms with E-state index in [9.17, 15) is 18.0 Å². The predicted octanol–water partition coefficient (Wildman–Crippen LogP) is 3.83. The summed E-state index contributed by atoms with van der Waals surface area (Å²) in [6, 6.07) is 12.5. The van der Waals surface area contributed by atoms with Crippen molar-refractivity contribution in [2.45, 2.75) is 6.18 Å². The molecule has 2 aromatic rings. The van der Waals surface area contributed by atoms with Crippen LogP contribution in [0.15, 0.2) is 48.5 Å². The summed E-state index contributed by atoms with van der Waals surface area (Å²) < 4.78 is 38.9. The van der Waals surface area contributed by atoms with Crippen LogP contribution in [0.25, 0.3) is 0 Å². The maximum Gasteiger partial charge on any atom is 0.418 e. The van der Waals surface area contributed by atoms with Crippen LogP contribution >= 0.6 is 0 Å². The van der Waals surface area contributed by atoms with E-state index in [2.05, 4.69) is 5.32 Å². The molecule has 0 aliphatic heterocycles. The molecule has 0 aromatic heterocycles. The van der Waals surface area contributed by atoms with Gasteiger partial charge in [0.2, 0.25) is 0 Å². The van der Waals surface area contributed by atoms with E-state index in [0.29, 0.717) is 6.07 Å². The maximum absolute atomic E-state index is 13.0. The molecule has 0 heterocycles. The summed E-state index contributed by atoms with van der Waals surface area (Å²) in [6.45, 7) is 0. The van der Waals surface area contributed by atoms with Gasteiger partial charge in [-0.3, -0.25) is 4.79 Å². The molecule has 0 spiro atoms. The zero-order valence-electron chi connectivity index (χ0n) is 10.6. The van der Waals surface area contributed by atoms with Crippen molar-refractivity contribution in [1.82, 2.24) is 0 Å². The molecule has 0 saturated carbocycles. The van der Waals surface area contributed by atoms with Crippen LogP contribution in [0.5, 0.6) is 0 Å². The molecule has 0 radical (unpaired) electrons. The van der Waals surface area contributed by atoms with Crippen LogP contribution in [-0.2, 0) is 6.18 Å². The number of nitrogens with one attached hydrogen (secondary N) is 1. The second-order valence-electron chi connectivity index (χ2n) is 4.19. The van der Waals surface area contributed by atoms with Crippen LogP contribution in [0.4, 0.5) is 18.9 Å². The van der Waals surface area contributed by atoms with Gasteiger partial charge >= 0.3 is 6.18 Å². The number of rotatable bonds is 2. The molecule has 0 unspecified atom stereocenters. The zero-order valence-corrected chi connectivity index (χ0v) is 10.6. The lowest BCUT2D eigenvalue weighted by molar-refractivity contribution is -0.136. The van der Waals surface area contributed by atoms with Crippen molar-refractivity contribution in [1.29, 1.82) is 5.26 Å². The monoisotopic (exact) mass is 290 g/mol. The second-order valence-corrected chi connectivity index (χ2v) is 4.19. The van der Waals surface area contributed by atoms with Gasteiger partial charge in [0.1, 0.15) is 0 Å². The number of carbonyl (C=O) groups excluding carboxylic acids is 1. The van der Waals surface area contributed by atoms with Gasteiger partial charge in [0.05, 0.1) is 22.9 Å². The van der Waals surface area contributed by atoms with E-state index in [1.54, 1.807) is 24.3 Å². The number of nitrogens with zero attached hydrogens (tertiary/aromatic N) is 1. The van der Waals surface area contributed by atoms with Crippen molar-refractivity contribution in [3.8, 4) is 6.07 Å². The largest absolute Gasteiger partial charge is 0.418 e. The molecule has 0 bridgehead atoms. The minimum absolute atomic E-state index is 0.125. The molecule has 0 saturated heterocycles. The number of hydrogen-bond acceptors (Lipinski definition) is 2. The van der Waals surface area contributed by atoms with Crippen LogP contribution < -0.4 is 5.32 Å². The molecule has 106 valence electrons. The fraction of sp³-hybridized carbons (Fsp3) is 0.0667. The fourth-order valence-corrected chi connectivity index (χ4v) is 1.74. The molecule has 1 N–H and O–H groups in total. The Labute approximate surface area is 118 Å². The highest BCUT2D eigenvalue weighted by Gasteiger charge is 2.34. The smallest absolute Gasteiger partial charge is 0.321 e. The summed E-state index contributed by atoms with van der Waals surface area (Å²) in [6.07, 6.45) is -4.66. The van der Waals surface area contributed by atoms with Crippen molar-refractivity contribution < 1.29 is 18.0 Å². The van der Waals surface area contributed by atoms with Gasteiger partial charge in [0.15, 0.2) is 0 Å². The summed E-state index contributed by atoms with van der Waals surface area (Å²) in [7, 11) is 0. The molecule has 0 atom stereocenters. The van der Waals surface area contributed by atoms with E-state index in [1.165, 1.54) is 18.2 Å². The third-order valence-corrected chi connectivity index (χ3v) is 2.74. The van der Waals surface area contributed by atoms with Gasteiger partial charge in [-0.05, 0) is 30.3 Å². The van der Waals surface area contributed by atoms with Crippen molar-refractivity contribution in [2.24, 2.45) is 0 Å². The number of benzene rings is 2. The Morgan fingerprint density at radius 1 is 1.10 bits per heavy atom. The van der Waals surface area contributed by atoms with Gasteiger partial charge in [0.25, 0.3) is 5.91 Å². The molecule has 0 aliphatic carbocycles. The molecule has 21 heavy (non-hydrogen) atoms. The third kappa shape index (κ3) is 3.39. The molecule has 2 rings (SSSR count). The van der Waals surface area contributed by atoms with Gasteiger partial charge in [-0.1, -0.05) is 18.2 Å². The first-order valence-corrected chi connectivity index (χ1v) is 5.89. The van der Waals surface area contributed by atoms with Crippen LogP contribution in [0.1, 0.15) is 21.5 Å². The number of carbonyl (C=O) groups is 1. The lowest BCUT2D eigenvalue weighted by atomic mass is 10.1. The van der Waals surface area contributed by atoms with Gasteiger partial charge in [-0.15, -0.1) is 0 Å². The number of alkyl halides is 3. The molecule has 0 fully saturated rings. The first kappa shape index (κ1) is 14.6. The third-order valence-electron chi connectivity index (χ3n) is 2.74. The number of halogens is 3. The van der Waals surface area contributed by atoms with Crippen LogP contribution in [-0.4, -0.2) is 5.91 Å². The predicted molar refractivity (Wildman–Crippen MR) is 70.6 cm³/mol. The molecule has 6 heteroatoms. The summed E-state index contributed by atoms with van der Waals surface area (Å²) in [5, 5.41) is 10.9. The van der Waals surface area contributed by atoms with Crippen molar-refractivity contribution in [2.75, 3.05) is 5.32 Å². The minimum Gasteiger partial charge on any atom is -0.321 e. The van der Waals surface area contributed by atoms with Crippen LogP contribution in [0.2, 0.25) is 0 Å². The number of amides is 1. The Morgan fingerprint density at radius 2 is 1.76 bits per heavy atom. The van der Waals surface area contributed by atoms with E-state index in [0.717, 1.165) is 6.07 Å². The standard InChI is InChI=1S/C15H9F3N2O/c16-15(17,18)12-8-10(9-19)6-7-13(12)20-14(21)11-4-2-1-3-5-11/h1-8H,(H,20,21). The Bertz CT molecular complexity index is 703. The quantitative estimate of drug-likeness (QED) is 0.913. The Kier molecular flexibility index (Phi) is 3.94. The Hall–Kier alpha value is -2.81. The highest BCUT2D eigenvalue weighted by molar-refractivity contribution is 6.04. The van der Waals surface area contributed by atoms with Crippen LogP contribution in [0, 0.1) is 11.3 Å². The molecule has 3 nitrogen and oxygen atoms in total. The van der Waals surface area contributed by atoms with Gasteiger partial charge in [-0.25, -0.2) is 0 Å². The van der Waals surface area contributed by atoms with Crippen molar-refractivity contribution in [3.05, 3.63) is 65.2 Å². The first-order valence-electron chi connectivity index (χ1n) is 5.89. The lowest BCUT2D eigenvalue weighted by Crippen LogP contribution is -2.16. The SMILES string of the molecule is N#Cc1ccc(NC(=O)c2ccccc2)c(C(F)(F)F)c1. The molecular formula is C15H9F3N2O. The number of hydrogen-bond donors (Lipinski definition) is 1. The van der Waals surface area contributed by atoms with Crippen molar-refractivity contribution in [3.63, 3.8) is 0 Å². The van der Waals surface area contributed by atoms with Gasteiger partial charge in [0, 0.05) is 5.56 Å². The van der Waals surface area contributed by atoms with Gasteiger partial charge in [-0.2, -0.15) is 18.4 Å². The molecular weight excluding hydrogens is 281 g/mol. The molecule has 0 aliphatic rings. The number of anilines is 1. The van der Waals surface area contributed by atoms with E-state index >= 15 is 0 Å². The highest BCUT2D eigenvalue weighted by Crippen LogP contribution is 2.35. The fourth-order valence-electron chi connectivity index (χ4n) is 1.74. The maximum atomic E-state index is 13.0. The van der Waals surface area contributed by atoms with E-state index in [-0.39, 0.29) is 16.8 Å². The van der Waals surface area contributed by atoms with Crippen molar-refractivity contribution >= 4 is 11.6 Å². The average molecular weight is 290 g/mol. The minimum atomic E-state index is -4.66. The first-order chi connectivity index (χ1) is 9.91. The van der Waals surface area contributed by atoms with Gasteiger partial charge < -0.3 is 5.32 Å². The highest BCUT2D eigenvalue weighted by atomic mass is 19.4. The zero-order chi connectivity index (χ0) is 15.5. The van der Waals surface area contributed by atoms with E-state index in [1.807, 2.05) is 0 Å². The normalized spacial score (nSPS) is 10.8. The topological polar surface area (TPSA) is 52.9 Å². The lowest BCUT2D eigenvalue weighted by Gasteiger charge is -2.14. The van der Waals surface area contributed by atoms with E-state index in [4.69, 9.17) is 5.26 Å². The number of nitriles is 1. The van der Waals surface area contributed by atoms with E-state index < -0.39 is 17.6 Å². The summed E-state index contributed by atoms with van der Waals surface area (Å²) in [5.41, 5.74) is -1.31. The summed E-state index contributed by atoms with van der Waals surface area (Å²) in [4.78, 5) is 11.9. The Balaban J connectivity index is 2.37. The average Bonchev–Trinajstić information content (AvgIpc) is 2.47. The summed E-state index contributed by atoms with van der Waals surface area (Å²) in [5.74, 6) is -0.647. The van der Waals surface area contributed by atoms with Crippen LogP contribution in [0.3, 0.4) is 0 Å². The summed E-state index contributed by atoms with van der Waals surface area (Å²) >= 11 is 0.